The van der Waals surface area contributed by atoms with Crippen LogP contribution in [0.5, 0.6) is 0 Å². The first-order valence-corrected chi connectivity index (χ1v) is 10.3. The van der Waals surface area contributed by atoms with Gasteiger partial charge in [-0.05, 0) is 28.3 Å². The van der Waals surface area contributed by atoms with Crippen molar-refractivity contribution in [2.75, 3.05) is 11.9 Å². The molecule has 3 aromatic carbocycles. The lowest BCUT2D eigenvalue weighted by Gasteiger charge is -2.14. The van der Waals surface area contributed by atoms with Gasteiger partial charge in [0.25, 0.3) is 0 Å². The van der Waals surface area contributed by atoms with E-state index in [4.69, 9.17) is 4.74 Å². The fraction of sp³-hybridized carbons (Fsp3) is 0.0833. The van der Waals surface area contributed by atoms with Crippen LogP contribution in [-0.2, 0) is 4.74 Å². The minimum absolute atomic E-state index is 0.0514. The van der Waals surface area contributed by atoms with Crippen LogP contribution < -0.4 is 5.32 Å². The Morgan fingerprint density at radius 2 is 1.50 bits per heavy atom. The molecule has 1 aliphatic rings. The molecule has 1 heterocycles. The molecule has 1 aliphatic carbocycles. The van der Waals surface area contributed by atoms with Crippen molar-refractivity contribution in [3.8, 4) is 11.1 Å². The Balaban J connectivity index is 1.37. The van der Waals surface area contributed by atoms with Gasteiger partial charge in [-0.25, -0.2) is 9.59 Å². The summed E-state index contributed by atoms with van der Waals surface area (Å²) in [5.74, 6) is -1.13. The van der Waals surface area contributed by atoms with E-state index in [1.54, 1.807) is 12.1 Å². The van der Waals surface area contributed by atoms with Crippen LogP contribution in [0.2, 0.25) is 0 Å². The zero-order valence-electron chi connectivity index (χ0n) is 15.8. The van der Waals surface area contributed by atoms with Crippen molar-refractivity contribution in [3.63, 3.8) is 0 Å². The van der Waals surface area contributed by atoms with Crippen molar-refractivity contribution in [2.45, 2.75) is 5.92 Å². The molecule has 0 saturated heterocycles. The second-order valence-corrected chi connectivity index (χ2v) is 8.11. The molecule has 0 fully saturated rings. The number of nitrogens with one attached hydrogen (secondary N) is 1. The third kappa shape index (κ3) is 3.02. The lowest BCUT2D eigenvalue weighted by Crippen LogP contribution is -2.18. The number of carboxylic acids is 1. The van der Waals surface area contributed by atoms with Crippen LogP contribution in [0.1, 0.15) is 27.4 Å². The van der Waals surface area contributed by atoms with Crippen molar-refractivity contribution < 1.29 is 19.4 Å². The summed E-state index contributed by atoms with van der Waals surface area (Å²) in [6, 6.07) is 23.4. The number of hydrogen-bond acceptors (Lipinski definition) is 4. The summed E-state index contributed by atoms with van der Waals surface area (Å²) < 4.78 is 6.33. The molecule has 1 amide bonds. The van der Waals surface area contributed by atoms with E-state index in [1.807, 2.05) is 36.4 Å². The normalized spacial score (nSPS) is 12.4. The number of fused-ring (bicyclic) bond motifs is 4. The van der Waals surface area contributed by atoms with Crippen molar-refractivity contribution in [2.24, 2.45) is 0 Å². The molecule has 0 unspecified atom stereocenters. The van der Waals surface area contributed by atoms with Gasteiger partial charge in [0.15, 0.2) is 0 Å². The average molecular weight is 415 g/mol. The highest BCUT2D eigenvalue weighted by molar-refractivity contribution is 7.23. The minimum atomic E-state index is -1.08. The summed E-state index contributed by atoms with van der Waals surface area (Å²) >= 11 is 1.22. The molecule has 148 valence electrons. The molecule has 0 aliphatic heterocycles. The monoisotopic (exact) mass is 415 g/mol. The summed E-state index contributed by atoms with van der Waals surface area (Å²) in [7, 11) is 0. The van der Waals surface area contributed by atoms with Gasteiger partial charge in [0.1, 0.15) is 17.2 Å². The molecule has 0 spiro atoms. The highest BCUT2D eigenvalue weighted by Gasteiger charge is 2.29. The number of carbonyl (C=O) groups is 2. The number of anilines is 1. The van der Waals surface area contributed by atoms with Gasteiger partial charge in [-0.15, -0.1) is 11.3 Å². The number of carbonyl (C=O) groups excluding carboxylic acids is 1. The van der Waals surface area contributed by atoms with Gasteiger partial charge in [-0.2, -0.15) is 0 Å². The summed E-state index contributed by atoms with van der Waals surface area (Å²) in [6.45, 7) is 0.174. The zero-order valence-corrected chi connectivity index (χ0v) is 16.6. The van der Waals surface area contributed by atoms with E-state index in [0.29, 0.717) is 5.39 Å². The van der Waals surface area contributed by atoms with Gasteiger partial charge in [-0.3, -0.25) is 5.32 Å². The molecule has 0 saturated carbocycles. The molecule has 0 bridgehead atoms. The largest absolute Gasteiger partial charge is 0.478 e. The molecule has 4 aromatic rings. The Bertz CT molecular complexity index is 1250. The lowest BCUT2D eigenvalue weighted by molar-refractivity contribution is 0.0700. The number of hydrogen-bond donors (Lipinski definition) is 2. The molecule has 1 aromatic heterocycles. The Kier molecular flexibility index (Phi) is 4.48. The Hall–Kier alpha value is -3.64. The van der Waals surface area contributed by atoms with Crippen LogP contribution in [0, 0.1) is 0 Å². The SMILES string of the molecule is O=C(Nc1sc2ccccc2c1C(=O)O)OCC1c2ccccc2-c2ccccc21. The smallest absolute Gasteiger partial charge is 0.412 e. The maximum atomic E-state index is 12.5. The van der Waals surface area contributed by atoms with Gasteiger partial charge in [0, 0.05) is 16.0 Å². The zero-order chi connectivity index (χ0) is 20.7. The lowest BCUT2D eigenvalue weighted by atomic mass is 9.98. The molecule has 30 heavy (non-hydrogen) atoms. The standard InChI is InChI=1S/C24H17NO4S/c26-23(27)21-18-11-5-6-12-20(18)30-22(21)25-24(28)29-13-19-16-9-3-1-7-14(16)15-8-2-4-10-17(15)19/h1-12,19H,13H2,(H,25,28)(H,26,27). The Morgan fingerprint density at radius 3 is 2.17 bits per heavy atom. The van der Waals surface area contributed by atoms with Gasteiger partial charge in [-0.1, -0.05) is 66.7 Å². The van der Waals surface area contributed by atoms with Gasteiger partial charge < -0.3 is 9.84 Å². The third-order valence-corrected chi connectivity index (χ3v) is 6.45. The first kappa shape index (κ1) is 18.4. The fourth-order valence-corrected chi connectivity index (χ4v) is 5.15. The number of ether oxygens (including phenoxy) is 1. The Morgan fingerprint density at radius 1 is 0.900 bits per heavy atom. The van der Waals surface area contributed by atoms with E-state index >= 15 is 0 Å². The predicted molar refractivity (Wildman–Crippen MR) is 117 cm³/mol. The van der Waals surface area contributed by atoms with E-state index in [2.05, 4.69) is 29.6 Å². The van der Waals surface area contributed by atoms with Crippen molar-refractivity contribution in [3.05, 3.63) is 89.5 Å². The van der Waals surface area contributed by atoms with E-state index in [1.165, 1.54) is 11.3 Å². The van der Waals surface area contributed by atoms with E-state index in [0.717, 1.165) is 27.0 Å². The molecule has 2 N–H and O–H groups in total. The number of aromatic carboxylic acids is 1. The summed E-state index contributed by atoms with van der Waals surface area (Å²) in [6.07, 6.45) is -0.661. The molecule has 5 rings (SSSR count). The minimum Gasteiger partial charge on any atom is -0.478 e. The topological polar surface area (TPSA) is 75.6 Å². The average Bonchev–Trinajstić information content (AvgIpc) is 3.27. The fourth-order valence-electron chi connectivity index (χ4n) is 4.07. The Labute approximate surface area is 176 Å². The van der Waals surface area contributed by atoms with Crippen LogP contribution >= 0.6 is 11.3 Å². The molecular weight excluding hydrogens is 398 g/mol. The maximum absolute atomic E-state index is 12.5. The second-order valence-electron chi connectivity index (χ2n) is 7.06. The first-order valence-electron chi connectivity index (χ1n) is 9.50. The van der Waals surface area contributed by atoms with Gasteiger partial charge in [0.05, 0.1) is 0 Å². The first-order chi connectivity index (χ1) is 14.6. The molecule has 6 heteroatoms. The van der Waals surface area contributed by atoms with Gasteiger partial charge in [0.2, 0.25) is 0 Å². The van der Waals surface area contributed by atoms with Crippen LogP contribution in [0.25, 0.3) is 21.2 Å². The third-order valence-electron chi connectivity index (χ3n) is 5.37. The quantitative estimate of drug-likeness (QED) is 0.431. The van der Waals surface area contributed by atoms with Crippen molar-refractivity contribution >= 4 is 38.5 Å². The number of benzene rings is 3. The van der Waals surface area contributed by atoms with Crippen LogP contribution in [-0.4, -0.2) is 23.8 Å². The summed E-state index contributed by atoms with van der Waals surface area (Å²) in [4.78, 5) is 24.3. The van der Waals surface area contributed by atoms with Crippen LogP contribution in [0.15, 0.2) is 72.8 Å². The number of carboxylic acid groups (broad SMARTS) is 1. The second kappa shape index (κ2) is 7.31. The highest BCUT2D eigenvalue weighted by atomic mass is 32.1. The molecule has 0 atom stereocenters. The summed E-state index contributed by atoms with van der Waals surface area (Å²) in [5.41, 5.74) is 4.64. The highest BCUT2D eigenvalue weighted by Crippen LogP contribution is 2.44. The number of amides is 1. The van der Waals surface area contributed by atoms with Crippen molar-refractivity contribution in [1.29, 1.82) is 0 Å². The van der Waals surface area contributed by atoms with Crippen molar-refractivity contribution in [1.82, 2.24) is 0 Å². The van der Waals surface area contributed by atoms with Crippen LogP contribution in [0.3, 0.4) is 0 Å². The predicted octanol–water partition coefficient (Wildman–Crippen LogP) is 5.96. The summed E-state index contributed by atoms with van der Waals surface area (Å²) in [5, 5.41) is 13.1. The maximum Gasteiger partial charge on any atom is 0.412 e. The van der Waals surface area contributed by atoms with E-state index in [-0.39, 0.29) is 23.1 Å². The van der Waals surface area contributed by atoms with Gasteiger partial charge >= 0.3 is 12.1 Å². The van der Waals surface area contributed by atoms with E-state index < -0.39 is 12.1 Å². The van der Waals surface area contributed by atoms with Crippen LogP contribution in [0.4, 0.5) is 9.80 Å². The molecular formula is C24H17NO4S. The molecule has 0 radical (unpaired) electrons. The number of rotatable bonds is 4. The number of thiophene rings is 1. The molecule has 5 nitrogen and oxygen atoms in total. The van der Waals surface area contributed by atoms with E-state index in [9.17, 15) is 14.7 Å².